The predicted molar refractivity (Wildman–Crippen MR) is 119 cm³/mol. The SMILES string of the molecule is CN1C(=O)C2(OCC(c3ccccc3)=C2C(=O)c2ccc(Br)cc2)c2ccccc21. The second-order valence-electron chi connectivity index (χ2n) is 7.41. The lowest BCUT2D eigenvalue weighted by atomic mass is 9.80. The molecule has 0 radical (unpaired) electrons. The van der Waals surface area contributed by atoms with E-state index < -0.39 is 5.60 Å². The monoisotopic (exact) mass is 459 g/mol. The number of rotatable bonds is 3. The van der Waals surface area contributed by atoms with Crippen LogP contribution in [0.4, 0.5) is 5.69 Å². The Morgan fingerprint density at radius 2 is 1.63 bits per heavy atom. The minimum atomic E-state index is -1.43. The molecule has 0 saturated carbocycles. The first-order valence-electron chi connectivity index (χ1n) is 9.65. The van der Waals surface area contributed by atoms with Crippen LogP contribution in [-0.4, -0.2) is 25.3 Å². The number of Topliss-reactive ketones (excluding diaryl/α,β-unsaturated/α-hetero) is 1. The highest BCUT2D eigenvalue weighted by Crippen LogP contribution is 2.53. The van der Waals surface area contributed by atoms with Crippen molar-refractivity contribution in [2.45, 2.75) is 5.60 Å². The van der Waals surface area contributed by atoms with Gasteiger partial charge in [0.05, 0.1) is 17.9 Å². The van der Waals surface area contributed by atoms with Crippen molar-refractivity contribution in [2.24, 2.45) is 0 Å². The number of halogens is 1. The summed E-state index contributed by atoms with van der Waals surface area (Å²) in [5.74, 6) is -0.438. The van der Waals surface area contributed by atoms with Gasteiger partial charge in [-0.2, -0.15) is 0 Å². The molecule has 4 nitrogen and oxygen atoms in total. The fourth-order valence-corrected chi connectivity index (χ4v) is 4.62. The number of benzene rings is 3. The van der Waals surface area contributed by atoms with Gasteiger partial charge >= 0.3 is 0 Å². The third-order valence-corrected chi connectivity index (χ3v) is 6.32. The number of amides is 1. The van der Waals surface area contributed by atoms with Gasteiger partial charge in [-0.3, -0.25) is 9.59 Å². The number of ketones is 1. The molecule has 5 rings (SSSR count). The van der Waals surface area contributed by atoms with Crippen molar-refractivity contribution < 1.29 is 14.3 Å². The van der Waals surface area contributed by atoms with E-state index in [0.29, 0.717) is 16.7 Å². The molecule has 30 heavy (non-hydrogen) atoms. The number of nitrogens with zero attached hydrogens (tertiary/aromatic N) is 1. The molecule has 1 unspecified atom stereocenters. The molecule has 1 spiro atoms. The van der Waals surface area contributed by atoms with E-state index in [1.807, 2.05) is 66.7 Å². The topological polar surface area (TPSA) is 46.6 Å². The zero-order valence-corrected chi connectivity index (χ0v) is 17.8. The normalized spacial score (nSPS) is 20.2. The van der Waals surface area contributed by atoms with E-state index in [1.165, 1.54) is 0 Å². The molecule has 3 aromatic rings. The van der Waals surface area contributed by atoms with Crippen LogP contribution in [0.5, 0.6) is 0 Å². The van der Waals surface area contributed by atoms with Crippen LogP contribution < -0.4 is 4.90 Å². The lowest BCUT2D eigenvalue weighted by molar-refractivity contribution is -0.134. The molecule has 2 heterocycles. The first-order chi connectivity index (χ1) is 14.5. The van der Waals surface area contributed by atoms with Gasteiger partial charge in [-0.1, -0.05) is 64.5 Å². The van der Waals surface area contributed by atoms with Crippen molar-refractivity contribution in [2.75, 3.05) is 18.6 Å². The second kappa shape index (κ2) is 7.04. The van der Waals surface area contributed by atoms with E-state index >= 15 is 0 Å². The van der Waals surface area contributed by atoms with Crippen LogP contribution in [0.25, 0.3) is 5.57 Å². The predicted octanol–water partition coefficient (Wildman–Crippen LogP) is 4.99. The molecule has 0 bridgehead atoms. The van der Waals surface area contributed by atoms with E-state index in [1.54, 1.807) is 24.1 Å². The van der Waals surface area contributed by atoms with Gasteiger partial charge in [0.15, 0.2) is 5.78 Å². The highest BCUT2D eigenvalue weighted by Gasteiger charge is 2.59. The summed E-state index contributed by atoms with van der Waals surface area (Å²) < 4.78 is 7.15. The Morgan fingerprint density at radius 3 is 2.37 bits per heavy atom. The summed E-state index contributed by atoms with van der Waals surface area (Å²) in [5.41, 5.74) is 2.60. The van der Waals surface area contributed by atoms with Crippen LogP contribution in [0, 0.1) is 0 Å². The molecule has 0 N–H and O–H groups in total. The molecule has 3 aromatic carbocycles. The number of anilines is 1. The highest BCUT2D eigenvalue weighted by molar-refractivity contribution is 9.10. The molecule has 148 valence electrons. The lowest BCUT2D eigenvalue weighted by Gasteiger charge is -2.25. The summed E-state index contributed by atoms with van der Waals surface area (Å²) in [6, 6.07) is 24.4. The Kier molecular flexibility index (Phi) is 4.45. The van der Waals surface area contributed by atoms with Crippen molar-refractivity contribution in [1.82, 2.24) is 0 Å². The minimum absolute atomic E-state index is 0.190. The fraction of sp³-hybridized carbons (Fsp3) is 0.120. The van der Waals surface area contributed by atoms with Gasteiger partial charge in [-0.25, -0.2) is 0 Å². The number of ether oxygens (including phenoxy) is 1. The number of hydrogen-bond acceptors (Lipinski definition) is 3. The molecule has 0 saturated heterocycles. The van der Waals surface area contributed by atoms with Gasteiger partial charge in [-0.15, -0.1) is 0 Å². The third-order valence-electron chi connectivity index (χ3n) is 5.79. The highest BCUT2D eigenvalue weighted by atomic mass is 79.9. The zero-order valence-electron chi connectivity index (χ0n) is 16.3. The summed E-state index contributed by atoms with van der Waals surface area (Å²) in [6.45, 7) is 0.190. The van der Waals surface area contributed by atoms with Crippen molar-refractivity contribution in [3.05, 3.63) is 106 Å². The number of para-hydroxylation sites is 1. The van der Waals surface area contributed by atoms with Crippen LogP contribution in [-0.2, 0) is 15.1 Å². The molecule has 0 fully saturated rings. The van der Waals surface area contributed by atoms with E-state index in [0.717, 1.165) is 21.3 Å². The first-order valence-corrected chi connectivity index (χ1v) is 10.4. The van der Waals surface area contributed by atoms with Gasteiger partial charge in [-0.05, 0) is 41.5 Å². The van der Waals surface area contributed by atoms with Crippen molar-refractivity contribution in [3.8, 4) is 0 Å². The lowest BCUT2D eigenvalue weighted by Crippen LogP contribution is -2.42. The smallest absolute Gasteiger partial charge is 0.268 e. The summed E-state index contributed by atoms with van der Waals surface area (Å²) in [5, 5.41) is 0. The van der Waals surface area contributed by atoms with Gasteiger partial charge in [0, 0.05) is 22.6 Å². The molecular weight excluding hydrogens is 442 g/mol. The Bertz CT molecular complexity index is 1200. The average molecular weight is 460 g/mol. The molecule has 0 aromatic heterocycles. The maximum absolute atomic E-state index is 13.8. The summed E-state index contributed by atoms with van der Waals surface area (Å²) >= 11 is 3.42. The summed E-state index contributed by atoms with van der Waals surface area (Å²) in [4.78, 5) is 29.0. The quantitative estimate of drug-likeness (QED) is 0.518. The first kappa shape index (κ1) is 19.0. The van der Waals surface area contributed by atoms with Gasteiger partial charge in [0.2, 0.25) is 5.60 Å². The average Bonchev–Trinajstić information content (AvgIpc) is 3.28. The Hall–Kier alpha value is -3.02. The second-order valence-corrected chi connectivity index (χ2v) is 8.32. The van der Waals surface area contributed by atoms with Crippen molar-refractivity contribution in [1.29, 1.82) is 0 Å². The fourth-order valence-electron chi connectivity index (χ4n) is 4.35. The molecule has 2 aliphatic heterocycles. The van der Waals surface area contributed by atoms with Crippen LogP contribution in [0.3, 0.4) is 0 Å². The van der Waals surface area contributed by atoms with Gasteiger partial charge in [0.25, 0.3) is 5.91 Å². The largest absolute Gasteiger partial charge is 0.351 e. The van der Waals surface area contributed by atoms with Crippen LogP contribution >= 0.6 is 15.9 Å². The Labute approximate surface area is 182 Å². The zero-order chi connectivity index (χ0) is 20.9. The van der Waals surface area contributed by atoms with E-state index in [9.17, 15) is 9.59 Å². The molecule has 2 aliphatic rings. The van der Waals surface area contributed by atoms with Crippen LogP contribution in [0.15, 0.2) is 88.9 Å². The molecular formula is C25H18BrNO3. The Morgan fingerprint density at radius 1 is 0.967 bits per heavy atom. The van der Waals surface area contributed by atoms with Gasteiger partial charge in [0.1, 0.15) is 0 Å². The number of carbonyl (C=O) groups excluding carboxylic acids is 2. The number of likely N-dealkylation sites (N-methyl/N-ethyl adjacent to an activating group) is 1. The molecule has 1 atom stereocenters. The van der Waals surface area contributed by atoms with E-state index in [-0.39, 0.29) is 18.3 Å². The van der Waals surface area contributed by atoms with Gasteiger partial charge < -0.3 is 9.64 Å². The van der Waals surface area contributed by atoms with Crippen molar-refractivity contribution >= 4 is 38.9 Å². The summed E-state index contributed by atoms with van der Waals surface area (Å²) in [6.07, 6.45) is 0. The van der Waals surface area contributed by atoms with Crippen LogP contribution in [0.1, 0.15) is 21.5 Å². The number of hydrogen-bond donors (Lipinski definition) is 0. The summed E-state index contributed by atoms with van der Waals surface area (Å²) in [7, 11) is 1.72. The van der Waals surface area contributed by atoms with E-state index in [4.69, 9.17) is 4.74 Å². The molecule has 0 aliphatic carbocycles. The van der Waals surface area contributed by atoms with Crippen LogP contribution in [0.2, 0.25) is 0 Å². The molecule has 1 amide bonds. The maximum Gasteiger partial charge on any atom is 0.268 e. The Balaban J connectivity index is 1.79. The molecule has 5 heteroatoms. The number of carbonyl (C=O) groups is 2. The third kappa shape index (κ3) is 2.62. The standard InChI is InChI=1S/C25H18BrNO3/c1-27-21-10-6-5-9-20(21)25(24(27)29)22(23(28)17-11-13-18(26)14-12-17)19(15-30-25)16-7-3-2-4-8-16/h2-14H,15H2,1H3. The maximum atomic E-state index is 13.8. The number of fused-ring (bicyclic) bond motifs is 2. The van der Waals surface area contributed by atoms with Crippen molar-refractivity contribution in [3.63, 3.8) is 0 Å². The van der Waals surface area contributed by atoms with E-state index in [2.05, 4.69) is 15.9 Å². The minimum Gasteiger partial charge on any atom is -0.351 e.